The molecular formula is C20H22O5. The summed E-state index contributed by atoms with van der Waals surface area (Å²) in [6.07, 6.45) is -0.882. The molecule has 1 atom stereocenters. The highest BCUT2D eigenvalue weighted by Gasteiger charge is 2.21. The maximum absolute atomic E-state index is 12.4. The molecule has 2 rings (SSSR count). The lowest BCUT2D eigenvalue weighted by Crippen LogP contribution is -2.24. The van der Waals surface area contributed by atoms with Gasteiger partial charge in [0.15, 0.2) is 17.6 Å². The lowest BCUT2D eigenvalue weighted by Gasteiger charge is -2.14. The molecule has 0 bridgehead atoms. The number of rotatable bonds is 7. The summed E-state index contributed by atoms with van der Waals surface area (Å²) in [5, 5.41) is 0. The van der Waals surface area contributed by atoms with Gasteiger partial charge in [-0.3, -0.25) is 4.79 Å². The minimum atomic E-state index is -0.882. The Morgan fingerprint density at radius 3 is 2.24 bits per heavy atom. The summed E-state index contributed by atoms with van der Waals surface area (Å²) in [6.45, 7) is 5.79. The molecule has 0 spiro atoms. The number of carbonyl (C=O) groups is 2. The Morgan fingerprint density at radius 2 is 1.64 bits per heavy atom. The first-order valence-electron chi connectivity index (χ1n) is 8.09. The van der Waals surface area contributed by atoms with Crippen molar-refractivity contribution in [3.8, 4) is 11.5 Å². The van der Waals surface area contributed by atoms with Gasteiger partial charge in [0.25, 0.3) is 0 Å². The van der Waals surface area contributed by atoms with Crippen molar-refractivity contribution in [1.29, 1.82) is 0 Å². The van der Waals surface area contributed by atoms with Gasteiger partial charge in [0.05, 0.1) is 19.3 Å². The number of esters is 1. The molecule has 0 heterocycles. The summed E-state index contributed by atoms with van der Waals surface area (Å²) in [7, 11) is 1.53. The van der Waals surface area contributed by atoms with Crippen LogP contribution in [-0.4, -0.2) is 31.6 Å². The van der Waals surface area contributed by atoms with E-state index in [1.54, 1.807) is 37.3 Å². The number of aryl methyl sites for hydroxylation is 1. The third-order valence-corrected chi connectivity index (χ3v) is 3.69. The second-order valence-electron chi connectivity index (χ2n) is 5.58. The van der Waals surface area contributed by atoms with Crippen molar-refractivity contribution in [2.75, 3.05) is 13.7 Å². The molecule has 25 heavy (non-hydrogen) atoms. The number of Topliss-reactive ketones (excluding diaryl/α,β-unsaturated/α-hetero) is 1. The van der Waals surface area contributed by atoms with Crippen molar-refractivity contribution in [2.24, 2.45) is 0 Å². The number of hydrogen-bond donors (Lipinski definition) is 0. The molecule has 132 valence electrons. The summed E-state index contributed by atoms with van der Waals surface area (Å²) in [6, 6.07) is 11.9. The van der Waals surface area contributed by atoms with E-state index in [-0.39, 0.29) is 5.78 Å². The SMILES string of the molecule is CCOc1cc(C(=O)O[C@@H](C)C(=O)c2ccc(C)cc2)ccc1OC. The molecule has 0 aliphatic heterocycles. The van der Waals surface area contributed by atoms with Gasteiger partial charge in [0.1, 0.15) is 0 Å². The third kappa shape index (κ3) is 4.59. The highest BCUT2D eigenvalue weighted by molar-refractivity contribution is 6.01. The predicted octanol–water partition coefficient (Wildman–Crippen LogP) is 3.83. The normalized spacial score (nSPS) is 11.5. The molecule has 0 aromatic heterocycles. The van der Waals surface area contributed by atoms with Crippen LogP contribution >= 0.6 is 0 Å². The van der Waals surface area contributed by atoms with Crippen LogP contribution in [0, 0.1) is 6.92 Å². The smallest absolute Gasteiger partial charge is 0.338 e. The fourth-order valence-corrected chi connectivity index (χ4v) is 2.31. The van der Waals surface area contributed by atoms with Crippen molar-refractivity contribution in [3.05, 3.63) is 59.2 Å². The average Bonchev–Trinajstić information content (AvgIpc) is 2.61. The van der Waals surface area contributed by atoms with Gasteiger partial charge < -0.3 is 14.2 Å². The molecule has 0 aliphatic rings. The first-order valence-corrected chi connectivity index (χ1v) is 8.09. The number of ketones is 1. The van der Waals surface area contributed by atoms with Crippen LogP contribution < -0.4 is 9.47 Å². The van der Waals surface area contributed by atoms with E-state index >= 15 is 0 Å². The second-order valence-corrected chi connectivity index (χ2v) is 5.58. The maximum Gasteiger partial charge on any atom is 0.338 e. The van der Waals surface area contributed by atoms with Crippen molar-refractivity contribution in [2.45, 2.75) is 26.9 Å². The van der Waals surface area contributed by atoms with Gasteiger partial charge in [-0.05, 0) is 39.0 Å². The van der Waals surface area contributed by atoms with Crippen molar-refractivity contribution < 1.29 is 23.8 Å². The van der Waals surface area contributed by atoms with Crippen LogP contribution in [0.15, 0.2) is 42.5 Å². The van der Waals surface area contributed by atoms with Gasteiger partial charge in [-0.1, -0.05) is 29.8 Å². The molecule has 0 amide bonds. The molecule has 0 radical (unpaired) electrons. The lowest BCUT2D eigenvalue weighted by molar-refractivity contribution is 0.0318. The van der Waals surface area contributed by atoms with Crippen LogP contribution in [0.25, 0.3) is 0 Å². The fourth-order valence-electron chi connectivity index (χ4n) is 2.31. The van der Waals surface area contributed by atoms with E-state index in [0.717, 1.165) is 5.56 Å². The van der Waals surface area contributed by atoms with Crippen LogP contribution in [0.5, 0.6) is 11.5 Å². The van der Waals surface area contributed by atoms with Crippen molar-refractivity contribution >= 4 is 11.8 Å². The summed E-state index contributed by atoms with van der Waals surface area (Å²) in [5.41, 5.74) is 1.87. The monoisotopic (exact) mass is 342 g/mol. The number of benzene rings is 2. The number of carbonyl (C=O) groups excluding carboxylic acids is 2. The molecule has 0 fully saturated rings. The van der Waals surface area contributed by atoms with Crippen molar-refractivity contribution in [3.63, 3.8) is 0 Å². The molecule has 0 N–H and O–H groups in total. The Hall–Kier alpha value is -2.82. The Labute approximate surface area is 147 Å². The molecule has 0 saturated carbocycles. The van der Waals surface area contributed by atoms with E-state index in [9.17, 15) is 9.59 Å². The highest BCUT2D eigenvalue weighted by atomic mass is 16.5. The van der Waals surface area contributed by atoms with E-state index in [4.69, 9.17) is 14.2 Å². The van der Waals surface area contributed by atoms with Gasteiger partial charge in [-0.25, -0.2) is 4.79 Å². The largest absolute Gasteiger partial charge is 0.493 e. The van der Waals surface area contributed by atoms with Gasteiger partial charge >= 0.3 is 5.97 Å². The molecule has 5 nitrogen and oxygen atoms in total. The van der Waals surface area contributed by atoms with E-state index in [0.29, 0.717) is 29.2 Å². The molecule has 0 saturated heterocycles. The van der Waals surface area contributed by atoms with E-state index < -0.39 is 12.1 Å². The van der Waals surface area contributed by atoms with E-state index in [1.165, 1.54) is 7.11 Å². The topological polar surface area (TPSA) is 61.8 Å². The van der Waals surface area contributed by atoms with Crippen LogP contribution in [0.3, 0.4) is 0 Å². The van der Waals surface area contributed by atoms with Crippen molar-refractivity contribution in [1.82, 2.24) is 0 Å². The Bertz CT molecular complexity index is 749. The van der Waals surface area contributed by atoms with Gasteiger partial charge in [0.2, 0.25) is 5.78 Å². The highest BCUT2D eigenvalue weighted by Crippen LogP contribution is 2.28. The first-order chi connectivity index (χ1) is 12.0. The predicted molar refractivity (Wildman–Crippen MR) is 94.6 cm³/mol. The Morgan fingerprint density at radius 1 is 1.00 bits per heavy atom. The van der Waals surface area contributed by atoms with Crippen LogP contribution in [0.1, 0.15) is 40.1 Å². The molecule has 0 unspecified atom stereocenters. The Balaban J connectivity index is 2.11. The van der Waals surface area contributed by atoms with Gasteiger partial charge in [0, 0.05) is 5.56 Å². The number of hydrogen-bond acceptors (Lipinski definition) is 5. The summed E-state index contributed by atoms with van der Waals surface area (Å²) in [4.78, 5) is 24.7. The van der Waals surface area contributed by atoms with Gasteiger partial charge in [-0.15, -0.1) is 0 Å². The van der Waals surface area contributed by atoms with Gasteiger partial charge in [-0.2, -0.15) is 0 Å². The van der Waals surface area contributed by atoms with E-state index in [1.807, 2.05) is 26.0 Å². The van der Waals surface area contributed by atoms with E-state index in [2.05, 4.69) is 0 Å². The summed E-state index contributed by atoms with van der Waals surface area (Å²) < 4.78 is 15.9. The maximum atomic E-state index is 12.4. The lowest BCUT2D eigenvalue weighted by atomic mass is 10.1. The minimum absolute atomic E-state index is 0.244. The minimum Gasteiger partial charge on any atom is -0.493 e. The molecule has 2 aromatic rings. The Kier molecular flexibility index (Phi) is 6.17. The first kappa shape index (κ1) is 18.5. The molecular weight excluding hydrogens is 320 g/mol. The second kappa shape index (κ2) is 8.33. The zero-order chi connectivity index (χ0) is 18.4. The zero-order valence-corrected chi connectivity index (χ0v) is 14.9. The summed E-state index contributed by atoms with van der Waals surface area (Å²) >= 11 is 0. The molecule has 5 heteroatoms. The van der Waals surface area contributed by atoms with Crippen LogP contribution in [0.2, 0.25) is 0 Å². The fraction of sp³-hybridized carbons (Fsp3) is 0.300. The van der Waals surface area contributed by atoms with Crippen LogP contribution in [0.4, 0.5) is 0 Å². The zero-order valence-electron chi connectivity index (χ0n) is 14.9. The third-order valence-electron chi connectivity index (χ3n) is 3.69. The number of ether oxygens (including phenoxy) is 3. The molecule has 0 aliphatic carbocycles. The number of methoxy groups -OCH3 is 1. The quantitative estimate of drug-likeness (QED) is 0.565. The standard InChI is InChI=1S/C20H22O5/c1-5-24-18-12-16(10-11-17(18)23-4)20(22)25-14(3)19(21)15-8-6-13(2)7-9-15/h6-12,14H,5H2,1-4H3/t14-/m0/s1. The molecule has 2 aromatic carbocycles. The summed E-state index contributed by atoms with van der Waals surface area (Å²) in [5.74, 6) is 0.155. The average molecular weight is 342 g/mol. The van der Waals surface area contributed by atoms with Crippen LogP contribution in [-0.2, 0) is 4.74 Å².